The highest BCUT2D eigenvalue weighted by Gasteiger charge is 1.97. The summed E-state index contributed by atoms with van der Waals surface area (Å²) in [5.74, 6) is 0. The lowest BCUT2D eigenvalue weighted by Crippen LogP contribution is -2.19. The van der Waals surface area contributed by atoms with Gasteiger partial charge in [0.05, 0.1) is 6.10 Å². The van der Waals surface area contributed by atoms with E-state index >= 15 is 0 Å². The average molecular weight is 161 g/mol. The molecular weight excluding hydrogens is 138 g/mol. The van der Waals surface area contributed by atoms with Gasteiger partial charge in [-0.15, -0.1) is 0 Å². The normalized spacial score (nSPS) is 11.7. The summed E-state index contributed by atoms with van der Waals surface area (Å²) in [6, 6.07) is 0. The molecule has 0 bridgehead atoms. The van der Waals surface area contributed by atoms with Gasteiger partial charge >= 0.3 is 0 Å². The molecule has 0 fully saturated rings. The van der Waals surface area contributed by atoms with Gasteiger partial charge in [-0.1, -0.05) is 27.7 Å². The van der Waals surface area contributed by atoms with Gasteiger partial charge in [-0.05, 0) is 25.9 Å². The van der Waals surface area contributed by atoms with E-state index < -0.39 is 0 Å². The third-order valence-electron chi connectivity index (χ3n) is 1.38. The SMILES string of the molecule is CC.CCNCCC(O)CC. The first-order chi connectivity index (χ1) is 5.31. The first kappa shape index (κ1) is 13.5. The fourth-order valence-electron chi connectivity index (χ4n) is 0.650. The van der Waals surface area contributed by atoms with Crippen molar-refractivity contribution in [1.82, 2.24) is 5.32 Å². The molecule has 1 atom stereocenters. The Labute approximate surface area is 71.0 Å². The smallest absolute Gasteiger partial charge is 0.0549 e. The Morgan fingerprint density at radius 2 is 1.82 bits per heavy atom. The van der Waals surface area contributed by atoms with Gasteiger partial charge < -0.3 is 10.4 Å². The van der Waals surface area contributed by atoms with E-state index in [1.165, 1.54) is 0 Å². The predicted molar refractivity (Wildman–Crippen MR) is 50.8 cm³/mol. The van der Waals surface area contributed by atoms with Crippen molar-refractivity contribution >= 4 is 0 Å². The number of rotatable bonds is 5. The molecule has 0 amide bonds. The highest BCUT2D eigenvalue weighted by atomic mass is 16.3. The summed E-state index contributed by atoms with van der Waals surface area (Å²) in [6.07, 6.45) is 1.64. The van der Waals surface area contributed by atoms with Gasteiger partial charge in [-0.2, -0.15) is 0 Å². The van der Waals surface area contributed by atoms with Crippen LogP contribution in [0, 0.1) is 0 Å². The maximum absolute atomic E-state index is 9.04. The molecule has 0 aromatic carbocycles. The second-order valence-electron chi connectivity index (χ2n) is 2.20. The van der Waals surface area contributed by atoms with Crippen molar-refractivity contribution in [1.29, 1.82) is 0 Å². The van der Waals surface area contributed by atoms with Crippen molar-refractivity contribution in [3.8, 4) is 0 Å². The van der Waals surface area contributed by atoms with Gasteiger partial charge in [0.2, 0.25) is 0 Å². The van der Waals surface area contributed by atoms with Crippen molar-refractivity contribution in [3.05, 3.63) is 0 Å². The number of aliphatic hydroxyl groups is 1. The summed E-state index contributed by atoms with van der Waals surface area (Å²) in [5, 5.41) is 12.2. The Morgan fingerprint density at radius 1 is 1.27 bits per heavy atom. The molecule has 2 nitrogen and oxygen atoms in total. The van der Waals surface area contributed by atoms with Crippen LogP contribution in [0.3, 0.4) is 0 Å². The summed E-state index contributed by atoms with van der Waals surface area (Å²) in [4.78, 5) is 0. The summed E-state index contributed by atoms with van der Waals surface area (Å²) in [5.41, 5.74) is 0. The molecule has 0 heterocycles. The Bertz CT molecular complexity index is 57.5. The van der Waals surface area contributed by atoms with E-state index in [0.29, 0.717) is 0 Å². The first-order valence-electron chi connectivity index (χ1n) is 4.70. The second kappa shape index (κ2) is 12.6. The third kappa shape index (κ3) is 13.0. The molecule has 0 aliphatic heterocycles. The standard InChI is InChI=1S/C7H17NO.C2H6/c1-3-7(9)5-6-8-4-2;1-2/h7-9H,3-6H2,1-2H3;1-2H3. The monoisotopic (exact) mass is 161 g/mol. The van der Waals surface area contributed by atoms with Crippen LogP contribution in [0.4, 0.5) is 0 Å². The van der Waals surface area contributed by atoms with Crippen molar-refractivity contribution < 1.29 is 5.11 Å². The third-order valence-corrected chi connectivity index (χ3v) is 1.38. The molecule has 11 heavy (non-hydrogen) atoms. The van der Waals surface area contributed by atoms with Gasteiger partial charge in [0.15, 0.2) is 0 Å². The van der Waals surface area contributed by atoms with Crippen LogP contribution in [0.15, 0.2) is 0 Å². The van der Waals surface area contributed by atoms with E-state index in [4.69, 9.17) is 5.11 Å². The van der Waals surface area contributed by atoms with Crippen LogP contribution in [-0.4, -0.2) is 24.3 Å². The molecule has 0 rings (SSSR count). The van der Waals surface area contributed by atoms with Crippen molar-refractivity contribution in [2.75, 3.05) is 13.1 Å². The Hall–Kier alpha value is -0.0800. The van der Waals surface area contributed by atoms with Crippen LogP contribution in [0.1, 0.15) is 40.5 Å². The minimum atomic E-state index is -0.107. The van der Waals surface area contributed by atoms with Gasteiger partial charge in [0.25, 0.3) is 0 Å². The zero-order valence-corrected chi connectivity index (χ0v) is 8.35. The molecule has 0 saturated carbocycles. The van der Waals surface area contributed by atoms with E-state index in [-0.39, 0.29) is 6.10 Å². The van der Waals surface area contributed by atoms with Crippen LogP contribution in [-0.2, 0) is 0 Å². The van der Waals surface area contributed by atoms with Crippen molar-refractivity contribution in [2.24, 2.45) is 0 Å². The van der Waals surface area contributed by atoms with Crippen molar-refractivity contribution in [3.63, 3.8) is 0 Å². The van der Waals surface area contributed by atoms with Gasteiger partial charge in [0, 0.05) is 0 Å². The molecular formula is C9H23NO. The summed E-state index contributed by atoms with van der Waals surface area (Å²) < 4.78 is 0. The topological polar surface area (TPSA) is 32.3 Å². The molecule has 0 spiro atoms. The number of aliphatic hydroxyl groups excluding tert-OH is 1. The summed E-state index contributed by atoms with van der Waals surface area (Å²) in [7, 11) is 0. The van der Waals surface area contributed by atoms with Crippen LogP contribution in [0.25, 0.3) is 0 Å². The molecule has 0 aliphatic carbocycles. The largest absolute Gasteiger partial charge is 0.393 e. The van der Waals surface area contributed by atoms with E-state index in [2.05, 4.69) is 12.2 Å². The second-order valence-corrected chi connectivity index (χ2v) is 2.20. The van der Waals surface area contributed by atoms with Crippen LogP contribution < -0.4 is 5.32 Å². The quantitative estimate of drug-likeness (QED) is 0.602. The summed E-state index contributed by atoms with van der Waals surface area (Å²) in [6.45, 7) is 10.00. The summed E-state index contributed by atoms with van der Waals surface area (Å²) >= 11 is 0. The fraction of sp³-hybridized carbons (Fsp3) is 1.00. The number of nitrogens with one attached hydrogen (secondary N) is 1. The van der Waals surface area contributed by atoms with E-state index in [1.54, 1.807) is 0 Å². The van der Waals surface area contributed by atoms with E-state index in [1.807, 2.05) is 20.8 Å². The molecule has 0 aliphatic rings. The minimum Gasteiger partial charge on any atom is -0.393 e. The van der Waals surface area contributed by atoms with Gasteiger partial charge in [0.1, 0.15) is 0 Å². The van der Waals surface area contributed by atoms with Gasteiger partial charge in [-0.3, -0.25) is 0 Å². The minimum absolute atomic E-state index is 0.107. The van der Waals surface area contributed by atoms with Crippen molar-refractivity contribution in [2.45, 2.75) is 46.6 Å². The van der Waals surface area contributed by atoms with E-state index in [9.17, 15) is 0 Å². The molecule has 2 N–H and O–H groups in total. The Morgan fingerprint density at radius 3 is 2.18 bits per heavy atom. The highest BCUT2D eigenvalue weighted by Crippen LogP contribution is 1.93. The van der Waals surface area contributed by atoms with Crippen LogP contribution in [0.2, 0.25) is 0 Å². The molecule has 0 aromatic heterocycles. The lowest BCUT2D eigenvalue weighted by molar-refractivity contribution is 0.160. The average Bonchev–Trinajstić information content (AvgIpc) is 2.08. The lowest BCUT2D eigenvalue weighted by Gasteiger charge is -2.06. The highest BCUT2D eigenvalue weighted by molar-refractivity contribution is 4.53. The fourth-order valence-corrected chi connectivity index (χ4v) is 0.650. The number of hydrogen-bond donors (Lipinski definition) is 2. The molecule has 0 saturated heterocycles. The zero-order chi connectivity index (χ0) is 9.11. The van der Waals surface area contributed by atoms with E-state index in [0.717, 1.165) is 25.9 Å². The van der Waals surface area contributed by atoms with Gasteiger partial charge in [-0.25, -0.2) is 0 Å². The predicted octanol–water partition coefficient (Wildman–Crippen LogP) is 1.78. The molecule has 1 unspecified atom stereocenters. The maximum atomic E-state index is 9.04. The molecule has 70 valence electrons. The Kier molecular flexibility index (Phi) is 15.4. The molecule has 0 aromatic rings. The number of hydrogen-bond acceptors (Lipinski definition) is 2. The zero-order valence-electron chi connectivity index (χ0n) is 8.35. The Balaban J connectivity index is 0. The lowest BCUT2D eigenvalue weighted by atomic mass is 10.2. The van der Waals surface area contributed by atoms with Crippen LogP contribution in [0.5, 0.6) is 0 Å². The first-order valence-corrected chi connectivity index (χ1v) is 4.70. The van der Waals surface area contributed by atoms with Crippen LogP contribution >= 0.6 is 0 Å². The molecule has 0 radical (unpaired) electrons. The molecule has 2 heteroatoms. The maximum Gasteiger partial charge on any atom is 0.0549 e.